The smallest absolute Gasteiger partial charge is 0.182 e. The maximum Gasteiger partial charge on any atom is 0.182 e. The molecule has 156 valence electrons. The fraction of sp³-hybridized carbons (Fsp3) is 0.208. The molecule has 5 rings (SSSR count). The van der Waals surface area contributed by atoms with Gasteiger partial charge >= 0.3 is 0 Å². The molecule has 0 aliphatic carbocycles. The third-order valence-corrected chi connectivity index (χ3v) is 5.68. The van der Waals surface area contributed by atoms with E-state index in [4.69, 9.17) is 0 Å². The molecule has 0 saturated carbocycles. The molecule has 2 N–H and O–H groups in total. The lowest BCUT2D eigenvalue weighted by Crippen LogP contribution is -2.29. The van der Waals surface area contributed by atoms with E-state index < -0.39 is 0 Å². The van der Waals surface area contributed by atoms with Crippen molar-refractivity contribution in [1.29, 1.82) is 5.26 Å². The summed E-state index contributed by atoms with van der Waals surface area (Å²) < 4.78 is 0. The molecule has 0 amide bonds. The zero-order valence-electron chi connectivity index (χ0n) is 16.9. The van der Waals surface area contributed by atoms with Crippen molar-refractivity contribution in [3.05, 3.63) is 60.2 Å². The fourth-order valence-corrected chi connectivity index (χ4v) is 4.08. The molecule has 0 radical (unpaired) electrons. The fourth-order valence-electron chi connectivity index (χ4n) is 4.08. The van der Waals surface area contributed by atoms with Gasteiger partial charge in [0.2, 0.25) is 0 Å². The number of nitriles is 1. The van der Waals surface area contributed by atoms with Crippen LogP contribution in [-0.2, 0) is 0 Å². The number of H-pyrrole nitrogens is 1. The molecule has 0 unspecified atom stereocenters. The molecule has 0 bridgehead atoms. The monoisotopic (exact) mass is 475 g/mol. The van der Waals surface area contributed by atoms with Crippen LogP contribution in [0.4, 0.5) is 5.69 Å². The number of piperidine rings is 1. The minimum atomic E-state index is 0. The average molecular weight is 476 g/mol. The highest BCUT2D eigenvalue weighted by Crippen LogP contribution is 2.32. The maximum absolute atomic E-state index is 9.70. The molecule has 2 aromatic heterocycles. The van der Waals surface area contributed by atoms with E-state index >= 15 is 0 Å². The summed E-state index contributed by atoms with van der Waals surface area (Å²) in [6.07, 6.45) is 3.81. The summed E-state index contributed by atoms with van der Waals surface area (Å²) in [7, 11) is 0. The maximum atomic E-state index is 9.70. The first-order valence-corrected chi connectivity index (χ1v) is 10.2. The number of phenolic OH excluding ortho intramolecular Hbond substituents is 1. The number of halogens is 1. The van der Waals surface area contributed by atoms with E-state index in [1.54, 1.807) is 24.3 Å². The van der Waals surface area contributed by atoms with Gasteiger partial charge in [-0.3, -0.25) is 5.10 Å². The molecule has 2 aromatic carbocycles. The van der Waals surface area contributed by atoms with E-state index in [-0.39, 0.29) is 22.7 Å². The number of aromatic hydroxyl groups is 1. The van der Waals surface area contributed by atoms with Crippen molar-refractivity contribution in [2.24, 2.45) is 0 Å². The topological polar surface area (TPSA) is 88.8 Å². The van der Waals surface area contributed by atoms with Gasteiger partial charge in [0.15, 0.2) is 5.65 Å². The largest absolute Gasteiger partial charge is 0.508 e. The number of phenols is 1. The van der Waals surface area contributed by atoms with E-state index in [1.165, 1.54) is 24.9 Å². The molecule has 4 aromatic rings. The van der Waals surface area contributed by atoms with Crippen molar-refractivity contribution in [3.8, 4) is 34.3 Å². The Kier molecular flexibility index (Phi) is 5.92. The Bertz CT molecular complexity index is 1240. The van der Waals surface area contributed by atoms with Crippen molar-refractivity contribution in [3.63, 3.8) is 0 Å². The van der Waals surface area contributed by atoms with Gasteiger partial charge in [-0.05, 0) is 61.7 Å². The number of hydrogen-bond acceptors (Lipinski definition) is 5. The van der Waals surface area contributed by atoms with E-state index in [1.807, 2.05) is 6.07 Å². The highest BCUT2D eigenvalue weighted by Gasteiger charge is 2.16. The summed E-state index contributed by atoms with van der Waals surface area (Å²) in [5, 5.41) is 27.5. The van der Waals surface area contributed by atoms with Crippen LogP contribution in [0.2, 0.25) is 0 Å². The number of aromatic nitrogens is 3. The van der Waals surface area contributed by atoms with E-state index in [0.29, 0.717) is 16.9 Å². The van der Waals surface area contributed by atoms with Crippen LogP contribution in [0.25, 0.3) is 33.5 Å². The number of fused-ring (bicyclic) bond motifs is 1. The highest BCUT2D eigenvalue weighted by atomic mass is 79.9. The standard InChI is InChI=1S/C24H21N5O.BrH/c25-15-18-14-21-23(17-4-8-19(9-5-17)29-12-2-1-3-13-29)27-28-24(21)26-22(18)16-6-10-20(30)11-7-16;/h4-11,14,30H,1-3,12-13H2,(H,26,27,28);1H. The third kappa shape index (κ3) is 3.99. The molecule has 1 saturated heterocycles. The van der Waals surface area contributed by atoms with Crippen LogP contribution < -0.4 is 4.90 Å². The van der Waals surface area contributed by atoms with Crippen LogP contribution in [0.1, 0.15) is 24.8 Å². The summed E-state index contributed by atoms with van der Waals surface area (Å²) in [5.41, 5.74) is 5.48. The number of pyridine rings is 1. The van der Waals surface area contributed by atoms with Gasteiger partial charge in [0, 0.05) is 35.3 Å². The number of aromatic amines is 1. The number of rotatable bonds is 3. The lowest BCUT2D eigenvalue weighted by molar-refractivity contribution is 0.475. The Morgan fingerprint density at radius 3 is 2.29 bits per heavy atom. The molecule has 6 nitrogen and oxygen atoms in total. The summed E-state index contributed by atoms with van der Waals surface area (Å²) in [4.78, 5) is 7.06. The quantitative estimate of drug-likeness (QED) is 0.411. The number of anilines is 1. The minimum Gasteiger partial charge on any atom is -0.508 e. The molecule has 7 heteroatoms. The number of benzene rings is 2. The minimum absolute atomic E-state index is 0. The number of hydrogen-bond donors (Lipinski definition) is 2. The molecular weight excluding hydrogens is 454 g/mol. The van der Waals surface area contributed by atoms with Crippen molar-refractivity contribution >= 4 is 33.7 Å². The van der Waals surface area contributed by atoms with Crippen LogP contribution in [0.5, 0.6) is 5.75 Å². The van der Waals surface area contributed by atoms with Gasteiger partial charge in [-0.1, -0.05) is 12.1 Å². The van der Waals surface area contributed by atoms with Gasteiger partial charge in [0.05, 0.1) is 17.0 Å². The Labute approximate surface area is 190 Å². The average Bonchev–Trinajstić information content (AvgIpc) is 3.22. The van der Waals surface area contributed by atoms with Crippen molar-refractivity contribution < 1.29 is 5.11 Å². The molecule has 31 heavy (non-hydrogen) atoms. The number of nitrogens with one attached hydrogen (secondary N) is 1. The van der Waals surface area contributed by atoms with Gasteiger partial charge < -0.3 is 10.0 Å². The zero-order chi connectivity index (χ0) is 20.5. The predicted molar refractivity (Wildman–Crippen MR) is 128 cm³/mol. The molecule has 1 aliphatic heterocycles. The normalized spacial score (nSPS) is 13.6. The molecule has 1 fully saturated rings. The molecule has 0 spiro atoms. The van der Waals surface area contributed by atoms with E-state index in [2.05, 4.69) is 50.4 Å². The summed E-state index contributed by atoms with van der Waals surface area (Å²) in [6.45, 7) is 2.23. The number of nitrogens with zero attached hydrogens (tertiary/aromatic N) is 4. The SMILES string of the molecule is Br.N#Cc1cc2c(-c3ccc(N4CCCCC4)cc3)[nH]nc2nc1-c1ccc(O)cc1. The van der Waals surface area contributed by atoms with Gasteiger partial charge in [0.1, 0.15) is 11.8 Å². The first-order chi connectivity index (χ1) is 14.7. The lowest BCUT2D eigenvalue weighted by Gasteiger charge is -2.28. The Morgan fingerprint density at radius 2 is 1.61 bits per heavy atom. The van der Waals surface area contributed by atoms with Crippen LogP contribution >= 0.6 is 17.0 Å². The first kappa shape index (κ1) is 20.9. The Morgan fingerprint density at radius 1 is 0.935 bits per heavy atom. The van der Waals surface area contributed by atoms with Crippen molar-refractivity contribution in [1.82, 2.24) is 15.2 Å². The zero-order valence-corrected chi connectivity index (χ0v) is 18.6. The van der Waals surface area contributed by atoms with E-state index in [9.17, 15) is 10.4 Å². The van der Waals surface area contributed by atoms with Gasteiger partial charge in [-0.15, -0.1) is 17.0 Å². The van der Waals surface area contributed by atoms with Crippen molar-refractivity contribution in [2.45, 2.75) is 19.3 Å². The summed E-state index contributed by atoms with van der Waals surface area (Å²) in [6, 6.07) is 19.2. The second-order valence-electron chi connectivity index (χ2n) is 7.61. The molecule has 0 atom stereocenters. The summed E-state index contributed by atoms with van der Waals surface area (Å²) >= 11 is 0. The predicted octanol–water partition coefficient (Wildman–Crippen LogP) is 5.44. The first-order valence-electron chi connectivity index (χ1n) is 10.2. The van der Waals surface area contributed by atoms with Gasteiger partial charge in [0.25, 0.3) is 0 Å². The Hall–Kier alpha value is -3.37. The van der Waals surface area contributed by atoms with Gasteiger partial charge in [-0.2, -0.15) is 10.4 Å². The van der Waals surface area contributed by atoms with E-state index in [0.717, 1.165) is 35.3 Å². The highest BCUT2D eigenvalue weighted by molar-refractivity contribution is 8.93. The summed E-state index contributed by atoms with van der Waals surface area (Å²) in [5.74, 6) is 0.174. The van der Waals surface area contributed by atoms with Crippen molar-refractivity contribution in [2.75, 3.05) is 18.0 Å². The second kappa shape index (κ2) is 8.78. The van der Waals surface area contributed by atoms with Crippen LogP contribution in [0, 0.1) is 11.3 Å². The third-order valence-electron chi connectivity index (χ3n) is 5.68. The molecular formula is C24H22BrN5O. The van der Waals surface area contributed by atoms with Crippen LogP contribution in [0.15, 0.2) is 54.6 Å². The van der Waals surface area contributed by atoms with Crippen LogP contribution in [0.3, 0.4) is 0 Å². The van der Waals surface area contributed by atoms with Crippen LogP contribution in [-0.4, -0.2) is 33.4 Å². The molecule has 3 heterocycles. The van der Waals surface area contributed by atoms with Gasteiger partial charge in [-0.25, -0.2) is 4.98 Å². The lowest BCUT2D eigenvalue weighted by atomic mass is 10.0. The Balaban J connectivity index is 0.00000231. The molecule has 1 aliphatic rings. The second-order valence-corrected chi connectivity index (χ2v) is 7.61.